The first kappa shape index (κ1) is 19.1. The smallest absolute Gasteiger partial charge is 0.220 e. The molecular formula is C20H23NO3S. The number of carbonyl (C=O) groups excluding carboxylic acids is 3. The number of carbonyl (C=O) groups is 3. The minimum atomic E-state index is -0.142. The lowest BCUT2D eigenvalue weighted by Gasteiger charge is -2.07. The second kappa shape index (κ2) is 9.28. The minimum absolute atomic E-state index is 0.00421. The van der Waals surface area contributed by atoms with Crippen LogP contribution in [0.1, 0.15) is 51.4 Å². The number of amides is 1. The molecule has 1 aromatic carbocycles. The van der Waals surface area contributed by atoms with Gasteiger partial charge in [0.05, 0.1) is 4.88 Å². The summed E-state index contributed by atoms with van der Waals surface area (Å²) in [5.41, 5.74) is 2.19. The van der Waals surface area contributed by atoms with E-state index in [4.69, 9.17) is 0 Å². The standard InChI is InChI=1S/C20H23NO3S/c1-14-5-3-4-6-16(14)13-21-20(24)12-9-17(22)8-10-18(23)19-11-7-15(2)25-19/h3-7,11H,8-10,12-13H2,1-2H3,(H,21,24). The predicted molar refractivity (Wildman–Crippen MR) is 99.9 cm³/mol. The summed E-state index contributed by atoms with van der Waals surface area (Å²) in [7, 11) is 0. The van der Waals surface area contributed by atoms with E-state index in [2.05, 4.69) is 5.32 Å². The SMILES string of the molecule is Cc1ccc(C(=O)CCC(=O)CCC(=O)NCc2ccccc2C)s1. The maximum absolute atomic E-state index is 12.0. The molecule has 25 heavy (non-hydrogen) atoms. The zero-order valence-electron chi connectivity index (χ0n) is 14.6. The first-order chi connectivity index (χ1) is 12.0. The highest BCUT2D eigenvalue weighted by Crippen LogP contribution is 2.17. The van der Waals surface area contributed by atoms with Crippen LogP contribution in [0.2, 0.25) is 0 Å². The van der Waals surface area contributed by atoms with Crippen molar-refractivity contribution in [3.63, 3.8) is 0 Å². The fourth-order valence-electron chi connectivity index (χ4n) is 2.43. The molecule has 0 saturated carbocycles. The van der Waals surface area contributed by atoms with E-state index in [1.165, 1.54) is 11.3 Å². The summed E-state index contributed by atoms with van der Waals surface area (Å²) in [6, 6.07) is 11.6. The number of Topliss-reactive ketones (excluding diaryl/α,β-unsaturated/α-hetero) is 2. The van der Waals surface area contributed by atoms with Gasteiger partial charge in [-0.15, -0.1) is 11.3 Å². The van der Waals surface area contributed by atoms with E-state index in [1.807, 2.05) is 44.2 Å². The van der Waals surface area contributed by atoms with Gasteiger partial charge in [0, 0.05) is 37.1 Å². The Morgan fingerprint density at radius 3 is 2.32 bits per heavy atom. The van der Waals surface area contributed by atoms with Gasteiger partial charge in [-0.2, -0.15) is 0 Å². The lowest BCUT2D eigenvalue weighted by atomic mass is 10.1. The van der Waals surface area contributed by atoms with Crippen molar-refractivity contribution < 1.29 is 14.4 Å². The van der Waals surface area contributed by atoms with Gasteiger partial charge in [0.25, 0.3) is 0 Å². The van der Waals surface area contributed by atoms with Crippen molar-refractivity contribution in [3.8, 4) is 0 Å². The van der Waals surface area contributed by atoms with E-state index in [0.29, 0.717) is 11.4 Å². The van der Waals surface area contributed by atoms with Crippen molar-refractivity contribution in [1.29, 1.82) is 0 Å². The second-order valence-electron chi connectivity index (χ2n) is 6.08. The summed E-state index contributed by atoms with van der Waals surface area (Å²) in [6.45, 7) is 4.41. The van der Waals surface area contributed by atoms with Crippen LogP contribution in [-0.2, 0) is 16.1 Å². The van der Waals surface area contributed by atoms with Gasteiger partial charge in [0.1, 0.15) is 5.78 Å². The van der Waals surface area contributed by atoms with Crippen LogP contribution in [0.15, 0.2) is 36.4 Å². The fraction of sp³-hybridized carbons (Fsp3) is 0.350. The van der Waals surface area contributed by atoms with Crippen molar-refractivity contribution in [3.05, 3.63) is 57.3 Å². The fourth-order valence-corrected chi connectivity index (χ4v) is 3.26. The summed E-state index contributed by atoms with van der Waals surface area (Å²) in [5, 5.41) is 2.83. The van der Waals surface area contributed by atoms with Crippen LogP contribution in [0.4, 0.5) is 0 Å². The van der Waals surface area contributed by atoms with Gasteiger partial charge in [0.2, 0.25) is 5.91 Å². The molecule has 0 atom stereocenters. The first-order valence-electron chi connectivity index (χ1n) is 8.38. The highest BCUT2D eigenvalue weighted by atomic mass is 32.1. The van der Waals surface area contributed by atoms with Gasteiger partial charge >= 0.3 is 0 Å². The van der Waals surface area contributed by atoms with Crippen LogP contribution in [0.5, 0.6) is 0 Å². The molecule has 1 heterocycles. The Labute approximate surface area is 152 Å². The Bertz CT molecular complexity index is 764. The normalized spacial score (nSPS) is 10.5. The van der Waals surface area contributed by atoms with E-state index in [-0.39, 0.29) is 43.2 Å². The van der Waals surface area contributed by atoms with Crippen molar-refractivity contribution in [1.82, 2.24) is 5.32 Å². The molecule has 0 fully saturated rings. The van der Waals surface area contributed by atoms with Crippen molar-refractivity contribution in [2.45, 2.75) is 46.1 Å². The molecule has 5 heteroatoms. The zero-order chi connectivity index (χ0) is 18.2. The van der Waals surface area contributed by atoms with Crippen LogP contribution in [0, 0.1) is 13.8 Å². The van der Waals surface area contributed by atoms with E-state index in [1.54, 1.807) is 6.07 Å². The van der Waals surface area contributed by atoms with Gasteiger partial charge < -0.3 is 5.32 Å². The van der Waals surface area contributed by atoms with Crippen molar-refractivity contribution >= 4 is 28.8 Å². The summed E-state index contributed by atoms with van der Waals surface area (Å²) in [5.74, 6) is -0.195. The van der Waals surface area contributed by atoms with Crippen molar-refractivity contribution in [2.75, 3.05) is 0 Å². The zero-order valence-corrected chi connectivity index (χ0v) is 15.4. The van der Waals surface area contributed by atoms with E-state index >= 15 is 0 Å². The van der Waals surface area contributed by atoms with Gasteiger partial charge in [0.15, 0.2) is 5.78 Å². The number of hydrogen-bond donors (Lipinski definition) is 1. The average Bonchev–Trinajstić information content (AvgIpc) is 3.03. The van der Waals surface area contributed by atoms with Gasteiger partial charge in [-0.3, -0.25) is 14.4 Å². The molecule has 1 aromatic heterocycles. The number of nitrogens with one attached hydrogen (secondary N) is 1. The maximum atomic E-state index is 12.0. The summed E-state index contributed by atoms with van der Waals surface area (Å²) < 4.78 is 0. The quantitative estimate of drug-likeness (QED) is 0.690. The number of aryl methyl sites for hydroxylation is 2. The Morgan fingerprint density at radius 1 is 0.920 bits per heavy atom. The average molecular weight is 357 g/mol. The molecule has 4 nitrogen and oxygen atoms in total. The number of rotatable bonds is 9. The number of benzene rings is 1. The summed E-state index contributed by atoms with van der Waals surface area (Å²) >= 11 is 1.45. The molecule has 0 unspecified atom stereocenters. The molecule has 0 aliphatic carbocycles. The van der Waals surface area contributed by atoms with Crippen LogP contribution in [-0.4, -0.2) is 17.5 Å². The van der Waals surface area contributed by atoms with Gasteiger partial charge in [-0.25, -0.2) is 0 Å². The molecule has 2 rings (SSSR count). The molecule has 2 aromatic rings. The monoisotopic (exact) mass is 357 g/mol. The largest absolute Gasteiger partial charge is 0.352 e. The van der Waals surface area contributed by atoms with Crippen LogP contribution in [0.25, 0.3) is 0 Å². The number of ketones is 2. The number of thiophene rings is 1. The summed E-state index contributed by atoms with van der Waals surface area (Å²) in [4.78, 5) is 37.5. The molecule has 0 radical (unpaired) electrons. The Kier molecular flexibility index (Phi) is 7.07. The molecular weight excluding hydrogens is 334 g/mol. The van der Waals surface area contributed by atoms with Gasteiger partial charge in [-0.1, -0.05) is 24.3 Å². The third-order valence-electron chi connectivity index (χ3n) is 4.01. The highest BCUT2D eigenvalue weighted by Gasteiger charge is 2.12. The third-order valence-corrected chi connectivity index (χ3v) is 5.06. The summed E-state index contributed by atoms with van der Waals surface area (Å²) in [6.07, 6.45) is 0.748. The van der Waals surface area contributed by atoms with E-state index in [9.17, 15) is 14.4 Å². The Balaban J connectivity index is 1.66. The maximum Gasteiger partial charge on any atom is 0.220 e. The highest BCUT2D eigenvalue weighted by molar-refractivity contribution is 7.14. The topological polar surface area (TPSA) is 63.2 Å². The molecule has 0 aliphatic heterocycles. The van der Waals surface area contributed by atoms with E-state index in [0.717, 1.165) is 16.0 Å². The molecule has 0 spiro atoms. The number of hydrogen-bond acceptors (Lipinski definition) is 4. The molecule has 1 N–H and O–H groups in total. The minimum Gasteiger partial charge on any atom is -0.352 e. The van der Waals surface area contributed by atoms with Crippen LogP contribution in [0.3, 0.4) is 0 Å². The van der Waals surface area contributed by atoms with Gasteiger partial charge in [-0.05, 0) is 37.1 Å². The second-order valence-corrected chi connectivity index (χ2v) is 7.36. The molecule has 132 valence electrons. The first-order valence-corrected chi connectivity index (χ1v) is 9.20. The third kappa shape index (κ3) is 6.27. The molecule has 0 saturated heterocycles. The predicted octanol–water partition coefficient (Wildman–Crippen LogP) is 3.99. The molecule has 0 aliphatic rings. The Morgan fingerprint density at radius 2 is 1.64 bits per heavy atom. The Hall–Kier alpha value is -2.27. The van der Waals surface area contributed by atoms with Crippen LogP contribution >= 0.6 is 11.3 Å². The lowest BCUT2D eigenvalue weighted by Crippen LogP contribution is -2.23. The van der Waals surface area contributed by atoms with Crippen LogP contribution < -0.4 is 5.32 Å². The molecule has 1 amide bonds. The van der Waals surface area contributed by atoms with E-state index < -0.39 is 0 Å². The lowest BCUT2D eigenvalue weighted by molar-refractivity contribution is -0.125. The molecule has 0 bridgehead atoms. The van der Waals surface area contributed by atoms with Crippen molar-refractivity contribution in [2.24, 2.45) is 0 Å².